The molecule has 1 fully saturated rings. The topological polar surface area (TPSA) is 88.6 Å². The SMILES string of the molecule is Cc1cc(/C=N\NC(=O)C(=O)NCc2ccco2)c(C)n1C1CCCCC1. The summed E-state index contributed by atoms with van der Waals surface area (Å²) in [6.07, 6.45) is 9.38. The summed E-state index contributed by atoms with van der Waals surface area (Å²) in [5.41, 5.74) is 5.56. The Labute approximate surface area is 158 Å². The Morgan fingerprint density at radius 1 is 1.26 bits per heavy atom. The molecule has 7 heteroatoms. The van der Waals surface area contributed by atoms with E-state index in [1.54, 1.807) is 18.3 Å². The maximum atomic E-state index is 11.8. The lowest BCUT2D eigenvalue weighted by atomic mass is 9.95. The van der Waals surface area contributed by atoms with Crippen LogP contribution in [0.5, 0.6) is 0 Å². The van der Waals surface area contributed by atoms with Crippen molar-refractivity contribution in [3.63, 3.8) is 0 Å². The van der Waals surface area contributed by atoms with Crippen molar-refractivity contribution in [2.75, 3.05) is 0 Å². The summed E-state index contributed by atoms with van der Waals surface area (Å²) >= 11 is 0. The first-order valence-electron chi connectivity index (χ1n) is 9.38. The maximum absolute atomic E-state index is 11.8. The molecule has 3 rings (SSSR count). The van der Waals surface area contributed by atoms with Gasteiger partial charge in [-0.05, 0) is 44.9 Å². The zero-order chi connectivity index (χ0) is 19.2. The van der Waals surface area contributed by atoms with Crippen LogP contribution in [-0.2, 0) is 16.1 Å². The number of hydrogen-bond acceptors (Lipinski definition) is 4. The molecule has 0 spiro atoms. The van der Waals surface area contributed by atoms with Crippen LogP contribution in [0.15, 0.2) is 34.0 Å². The van der Waals surface area contributed by atoms with Crippen LogP contribution < -0.4 is 10.7 Å². The van der Waals surface area contributed by atoms with Crippen LogP contribution in [-0.4, -0.2) is 22.6 Å². The zero-order valence-electron chi connectivity index (χ0n) is 15.8. The molecule has 2 heterocycles. The number of hydrazone groups is 1. The molecule has 7 nitrogen and oxygen atoms in total. The second-order valence-corrected chi connectivity index (χ2v) is 6.95. The lowest BCUT2D eigenvalue weighted by Gasteiger charge is -2.26. The van der Waals surface area contributed by atoms with Crippen molar-refractivity contribution in [3.05, 3.63) is 47.2 Å². The van der Waals surface area contributed by atoms with Crippen LogP contribution in [0.4, 0.5) is 0 Å². The van der Waals surface area contributed by atoms with Gasteiger partial charge in [0.2, 0.25) is 0 Å². The first-order chi connectivity index (χ1) is 13.1. The maximum Gasteiger partial charge on any atom is 0.329 e. The van der Waals surface area contributed by atoms with Crippen LogP contribution in [0.3, 0.4) is 0 Å². The van der Waals surface area contributed by atoms with Gasteiger partial charge >= 0.3 is 11.8 Å². The molecule has 0 unspecified atom stereocenters. The van der Waals surface area contributed by atoms with E-state index in [1.807, 2.05) is 0 Å². The van der Waals surface area contributed by atoms with Gasteiger partial charge in [-0.3, -0.25) is 9.59 Å². The number of nitrogens with one attached hydrogen (secondary N) is 2. The molecule has 1 aliphatic carbocycles. The van der Waals surface area contributed by atoms with Crippen molar-refractivity contribution in [2.24, 2.45) is 5.10 Å². The number of hydrogen-bond donors (Lipinski definition) is 2. The van der Waals surface area contributed by atoms with Crippen LogP contribution in [0.1, 0.15) is 60.9 Å². The van der Waals surface area contributed by atoms with Gasteiger partial charge in [0.1, 0.15) is 5.76 Å². The van der Waals surface area contributed by atoms with E-state index in [-0.39, 0.29) is 6.54 Å². The molecule has 2 aromatic heterocycles. The van der Waals surface area contributed by atoms with Crippen molar-refractivity contribution in [1.29, 1.82) is 0 Å². The summed E-state index contributed by atoms with van der Waals surface area (Å²) in [7, 11) is 0. The largest absolute Gasteiger partial charge is 0.467 e. The third kappa shape index (κ3) is 4.67. The van der Waals surface area contributed by atoms with Crippen molar-refractivity contribution in [1.82, 2.24) is 15.3 Å². The smallest absolute Gasteiger partial charge is 0.329 e. The van der Waals surface area contributed by atoms with Crippen molar-refractivity contribution in [3.8, 4) is 0 Å². The van der Waals surface area contributed by atoms with Crippen LogP contribution >= 0.6 is 0 Å². The highest BCUT2D eigenvalue weighted by atomic mass is 16.3. The molecule has 0 radical (unpaired) electrons. The van der Waals surface area contributed by atoms with E-state index in [9.17, 15) is 9.59 Å². The molecule has 2 aromatic rings. The fourth-order valence-corrected chi connectivity index (χ4v) is 3.71. The van der Waals surface area contributed by atoms with Gasteiger partial charge < -0.3 is 14.3 Å². The average Bonchev–Trinajstić information content (AvgIpc) is 3.28. The third-order valence-corrected chi connectivity index (χ3v) is 5.04. The number of carbonyl (C=O) groups excluding carboxylic acids is 2. The summed E-state index contributed by atoms with van der Waals surface area (Å²) < 4.78 is 7.47. The molecule has 0 bridgehead atoms. The Balaban J connectivity index is 1.56. The number of carbonyl (C=O) groups is 2. The first kappa shape index (κ1) is 18.9. The summed E-state index contributed by atoms with van der Waals surface area (Å²) in [4.78, 5) is 23.6. The third-order valence-electron chi connectivity index (χ3n) is 5.04. The summed E-state index contributed by atoms with van der Waals surface area (Å²) in [5.74, 6) is -0.982. The van der Waals surface area contributed by atoms with Crippen LogP contribution in [0.25, 0.3) is 0 Å². The fraction of sp³-hybridized carbons (Fsp3) is 0.450. The van der Waals surface area contributed by atoms with E-state index >= 15 is 0 Å². The van der Waals surface area contributed by atoms with Gasteiger partial charge in [0.05, 0.1) is 19.0 Å². The van der Waals surface area contributed by atoms with E-state index in [0.29, 0.717) is 11.8 Å². The fourth-order valence-electron chi connectivity index (χ4n) is 3.71. The average molecular weight is 370 g/mol. The minimum Gasteiger partial charge on any atom is -0.467 e. The Morgan fingerprint density at radius 3 is 2.74 bits per heavy atom. The number of amides is 2. The van der Waals surface area contributed by atoms with Gasteiger partial charge in [0.15, 0.2) is 0 Å². The summed E-state index contributed by atoms with van der Waals surface area (Å²) in [6.45, 7) is 4.33. The quantitative estimate of drug-likeness (QED) is 0.482. The number of aromatic nitrogens is 1. The molecule has 0 atom stereocenters. The Bertz CT molecular complexity index is 815. The molecule has 27 heavy (non-hydrogen) atoms. The number of aryl methyl sites for hydroxylation is 1. The molecule has 0 aliphatic heterocycles. The molecule has 2 amide bonds. The molecule has 0 saturated heterocycles. The van der Waals surface area contributed by atoms with Gasteiger partial charge in [0.25, 0.3) is 0 Å². The minimum atomic E-state index is -0.807. The lowest BCUT2D eigenvalue weighted by Crippen LogP contribution is -2.37. The molecular formula is C20H26N4O3. The molecule has 1 saturated carbocycles. The Hall–Kier alpha value is -2.83. The van der Waals surface area contributed by atoms with E-state index in [2.05, 4.69) is 40.3 Å². The monoisotopic (exact) mass is 370 g/mol. The van der Waals surface area contributed by atoms with Crippen LogP contribution in [0.2, 0.25) is 0 Å². The van der Waals surface area contributed by atoms with Gasteiger partial charge in [0, 0.05) is 23.0 Å². The predicted octanol–water partition coefficient (Wildman–Crippen LogP) is 2.97. The first-order valence-corrected chi connectivity index (χ1v) is 9.38. The second kappa shape index (κ2) is 8.70. The van der Waals surface area contributed by atoms with Gasteiger partial charge in [-0.1, -0.05) is 19.3 Å². The number of furan rings is 1. The number of rotatable bonds is 5. The van der Waals surface area contributed by atoms with E-state index < -0.39 is 11.8 Å². The Morgan fingerprint density at radius 2 is 2.04 bits per heavy atom. The highest BCUT2D eigenvalue weighted by Crippen LogP contribution is 2.31. The summed E-state index contributed by atoms with van der Waals surface area (Å²) in [6, 6.07) is 6.05. The normalized spacial score (nSPS) is 15.2. The van der Waals surface area contributed by atoms with E-state index in [0.717, 1.165) is 11.3 Å². The molecule has 144 valence electrons. The molecule has 2 N–H and O–H groups in total. The highest BCUT2D eigenvalue weighted by Gasteiger charge is 2.19. The highest BCUT2D eigenvalue weighted by molar-refractivity contribution is 6.35. The van der Waals surface area contributed by atoms with Gasteiger partial charge in [-0.15, -0.1) is 0 Å². The van der Waals surface area contributed by atoms with Crippen molar-refractivity contribution >= 4 is 18.0 Å². The molecule has 1 aliphatic rings. The second-order valence-electron chi connectivity index (χ2n) is 6.95. The van der Waals surface area contributed by atoms with Crippen molar-refractivity contribution < 1.29 is 14.0 Å². The zero-order valence-corrected chi connectivity index (χ0v) is 15.8. The van der Waals surface area contributed by atoms with E-state index in [4.69, 9.17) is 4.42 Å². The lowest BCUT2D eigenvalue weighted by molar-refractivity contribution is -0.139. The van der Waals surface area contributed by atoms with Gasteiger partial charge in [-0.2, -0.15) is 5.10 Å². The van der Waals surface area contributed by atoms with Gasteiger partial charge in [-0.25, -0.2) is 5.43 Å². The van der Waals surface area contributed by atoms with E-state index in [1.165, 1.54) is 44.1 Å². The van der Waals surface area contributed by atoms with Crippen molar-refractivity contribution in [2.45, 2.75) is 58.5 Å². The predicted molar refractivity (Wildman–Crippen MR) is 102 cm³/mol. The number of nitrogens with zero attached hydrogens (tertiary/aromatic N) is 2. The molecule has 0 aromatic carbocycles. The minimum absolute atomic E-state index is 0.158. The standard InChI is InChI=1S/C20H26N4O3/c1-14-11-16(15(2)24(14)17-7-4-3-5-8-17)12-22-23-20(26)19(25)21-13-18-9-6-10-27-18/h6,9-12,17H,3-5,7-8,13H2,1-2H3,(H,21,25)(H,23,26)/b22-12-. The molecular weight excluding hydrogens is 344 g/mol. The summed E-state index contributed by atoms with van der Waals surface area (Å²) in [5, 5.41) is 6.42. The van der Waals surface area contributed by atoms with Crippen LogP contribution in [0, 0.1) is 13.8 Å². The Kier molecular flexibility index (Phi) is 6.11.